The number of rotatable bonds is 6. The van der Waals surface area contributed by atoms with E-state index in [0.717, 1.165) is 0 Å². The van der Waals surface area contributed by atoms with Crippen LogP contribution < -0.4 is 10.4 Å². The van der Waals surface area contributed by atoms with E-state index in [0.29, 0.717) is 43.9 Å². The Bertz CT molecular complexity index is 836. The molecule has 1 aromatic heterocycles. The molecule has 1 atom stereocenters. The van der Waals surface area contributed by atoms with Crippen LogP contribution in [0.4, 0.5) is 5.82 Å². The molecule has 2 N–H and O–H groups in total. The molecule has 3 rings (SSSR count). The lowest BCUT2D eigenvalue weighted by atomic mass is 9.77. The van der Waals surface area contributed by atoms with E-state index in [-0.39, 0.29) is 23.0 Å². The van der Waals surface area contributed by atoms with E-state index in [1.54, 1.807) is 17.2 Å². The van der Waals surface area contributed by atoms with Gasteiger partial charge in [-0.05, 0) is 29.7 Å². The summed E-state index contributed by atoms with van der Waals surface area (Å²) in [7, 11) is 0.109. The number of aldehydes is 1. The second kappa shape index (κ2) is 8.92. The molecule has 1 aliphatic rings. The normalized spacial score (nSPS) is 16.5. The fourth-order valence-corrected chi connectivity index (χ4v) is 3.14. The van der Waals surface area contributed by atoms with Gasteiger partial charge in [-0.2, -0.15) is 5.10 Å². The highest BCUT2D eigenvalue weighted by atomic mass is 16.5. The number of hydrogen-bond donors (Lipinski definition) is 2. The predicted octanol–water partition coefficient (Wildman–Crippen LogP) is -1.05. The van der Waals surface area contributed by atoms with Crippen LogP contribution in [0.1, 0.15) is 20.7 Å². The molecule has 0 bridgehead atoms. The molecule has 1 aliphatic heterocycles. The summed E-state index contributed by atoms with van der Waals surface area (Å²) >= 11 is 0. The fourth-order valence-electron chi connectivity index (χ4n) is 3.14. The van der Waals surface area contributed by atoms with Crippen molar-refractivity contribution in [2.45, 2.75) is 6.10 Å². The first-order valence-corrected chi connectivity index (χ1v) is 8.84. The van der Waals surface area contributed by atoms with Gasteiger partial charge in [-0.3, -0.25) is 9.59 Å². The molecule has 1 aromatic carbocycles. The van der Waals surface area contributed by atoms with Crippen molar-refractivity contribution in [2.24, 2.45) is 0 Å². The van der Waals surface area contributed by atoms with E-state index < -0.39 is 7.12 Å². The maximum atomic E-state index is 12.8. The van der Waals surface area contributed by atoms with Crippen molar-refractivity contribution in [1.29, 1.82) is 0 Å². The van der Waals surface area contributed by atoms with Gasteiger partial charge in [0.2, 0.25) is 0 Å². The van der Waals surface area contributed by atoms with Gasteiger partial charge in [-0.25, -0.2) is 0 Å². The number of carbonyl (C=O) groups is 2. The van der Waals surface area contributed by atoms with Crippen LogP contribution in [0.2, 0.25) is 0 Å². The minimum absolute atomic E-state index is 0.0667. The number of likely N-dealkylation sites (N-methyl/N-ethyl adjacent to an activating group) is 1. The molecule has 28 heavy (non-hydrogen) atoms. The zero-order valence-corrected chi connectivity index (χ0v) is 15.4. The number of nitrogens with zero attached hydrogens (tertiary/aromatic N) is 4. The van der Waals surface area contributed by atoms with Crippen LogP contribution in [0.15, 0.2) is 36.5 Å². The highest BCUT2D eigenvalue weighted by Gasteiger charge is 2.27. The van der Waals surface area contributed by atoms with Gasteiger partial charge in [0.25, 0.3) is 5.91 Å². The summed E-state index contributed by atoms with van der Waals surface area (Å²) < 4.78 is 5.78. The Labute approximate surface area is 162 Å². The summed E-state index contributed by atoms with van der Waals surface area (Å²) in [4.78, 5) is 27.6. The van der Waals surface area contributed by atoms with Gasteiger partial charge in [0.05, 0.1) is 12.7 Å². The molecule has 0 radical (unpaired) electrons. The molecule has 0 saturated carbocycles. The Hall–Kier alpha value is -2.82. The minimum atomic E-state index is -1.77. The molecule has 146 valence electrons. The number of anilines is 1. The number of aromatic nitrogens is 2. The van der Waals surface area contributed by atoms with E-state index in [1.807, 2.05) is 18.0 Å². The number of benzene rings is 1. The lowest BCUT2D eigenvalue weighted by Gasteiger charge is -2.35. The van der Waals surface area contributed by atoms with E-state index in [4.69, 9.17) is 4.74 Å². The zero-order chi connectivity index (χ0) is 20.1. The highest BCUT2D eigenvalue weighted by molar-refractivity contribution is 6.60. The van der Waals surface area contributed by atoms with Gasteiger partial charge in [0.1, 0.15) is 6.29 Å². The number of morpholine rings is 1. The average molecular weight is 384 g/mol. The molecule has 2 aromatic rings. The number of amides is 1. The summed E-state index contributed by atoms with van der Waals surface area (Å²) in [6, 6.07) is 7.88. The molecular weight excluding hydrogens is 363 g/mol. The number of ether oxygens (including phenoxy) is 1. The standard InChI is InChI=1S/C18H21BN4O5/c1-22(17-3-2-6-20-21-17)10-15-11-23(7-8-28-15)18(25)13-4-5-16(19(26)27)14(9-13)12-24/h2-6,9,12,15,26-27H,7-8,10-11H2,1H3. The molecule has 1 amide bonds. The van der Waals surface area contributed by atoms with Crippen LogP contribution in [0.3, 0.4) is 0 Å². The fraction of sp³-hybridized carbons (Fsp3) is 0.333. The molecule has 1 fully saturated rings. The van der Waals surface area contributed by atoms with Crippen molar-refractivity contribution in [3.63, 3.8) is 0 Å². The topological polar surface area (TPSA) is 116 Å². The average Bonchev–Trinajstić information content (AvgIpc) is 2.73. The number of carbonyl (C=O) groups excluding carboxylic acids is 2. The Morgan fingerprint density at radius 2 is 2.25 bits per heavy atom. The smallest absolute Gasteiger partial charge is 0.423 e. The molecule has 0 spiro atoms. The van der Waals surface area contributed by atoms with E-state index in [9.17, 15) is 19.6 Å². The van der Waals surface area contributed by atoms with E-state index in [2.05, 4.69) is 10.2 Å². The van der Waals surface area contributed by atoms with Crippen molar-refractivity contribution >= 4 is 30.6 Å². The monoisotopic (exact) mass is 384 g/mol. The van der Waals surface area contributed by atoms with Crippen LogP contribution in [0.25, 0.3) is 0 Å². The summed E-state index contributed by atoms with van der Waals surface area (Å²) in [5.41, 5.74) is 0.458. The van der Waals surface area contributed by atoms with Gasteiger partial charge >= 0.3 is 7.12 Å². The van der Waals surface area contributed by atoms with Crippen LogP contribution in [-0.2, 0) is 4.74 Å². The second-order valence-electron chi connectivity index (χ2n) is 6.54. The molecule has 9 nitrogen and oxygen atoms in total. The summed E-state index contributed by atoms with van der Waals surface area (Å²) in [6.07, 6.45) is 1.90. The first-order valence-electron chi connectivity index (χ1n) is 8.84. The Balaban J connectivity index is 1.68. The third kappa shape index (κ3) is 4.53. The van der Waals surface area contributed by atoms with Gasteiger partial charge in [-0.1, -0.05) is 6.07 Å². The van der Waals surface area contributed by atoms with Crippen LogP contribution in [0.5, 0.6) is 0 Å². The Morgan fingerprint density at radius 3 is 2.93 bits per heavy atom. The zero-order valence-electron chi connectivity index (χ0n) is 15.4. The SMILES string of the molecule is CN(CC1CN(C(=O)c2ccc(B(O)O)c(C=O)c2)CCO1)c1cccnn1. The van der Waals surface area contributed by atoms with Gasteiger partial charge in [0.15, 0.2) is 5.82 Å². The minimum Gasteiger partial charge on any atom is -0.423 e. The van der Waals surface area contributed by atoms with Crippen LogP contribution >= 0.6 is 0 Å². The maximum absolute atomic E-state index is 12.8. The quantitative estimate of drug-likeness (QED) is 0.479. The third-order valence-corrected chi connectivity index (χ3v) is 4.59. The van der Waals surface area contributed by atoms with Crippen molar-refractivity contribution < 1.29 is 24.4 Å². The van der Waals surface area contributed by atoms with Crippen LogP contribution in [-0.4, -0.2) is 83.8 Å². The summed E-state index contributed by atoms with van der Waals surface area (Å²) in [5.74, 6) is 0.473. The van der Waals surface area contributed by atoms with Gasteiger partial charge in [0, 0.05) is 44.0 Å². The van der Waals surface area contributed by atoms with Gasteiger partial charge < -0.3 is 24.6 Å². The molecule has 1 unspecified atom stereocenters. The molecule has 0 aliphatic carbocycles. The van der Waals surface area contributed by atoms with Crippen molar-refractivity contribution in [1.82, 2.24) is 15.1 Å². The van der Waals surface area contributed by atoms with Crippen LogP contribution in [0, 0.1) is 0 Å². The molecule has 10 heteroatoms. The Morgan fingerprint density at radius 1 is 1.43 bits per heavy atom. The Kier molecular flexibility index (Phi) is 6.35. The van der Waals surface area contributed by atoms with Crippen molar-refractivity contribution in [3.8, 4) is 0 Å². The van der Waals surface area contributed by atoms with Crippen molar-refractivity contribution in [2.75, 3.05) is 38.2 Å². The molecule has 1 saturated heterocycles. The third-order valence-electron chi connectivity index (χ3n) is 4.59. The van der Waals surface area contributed by atoms with E-state index in [1.165, 1.54) is 18.2 Å². The highest BCUT2D eigenvalue weighted by Crippen LogP contribution is 2.14. The molecular formula is C18H21BN4O5. The molecule has 2 heterocycles. The van der Waals surface area contributed by atoms with Crippen molar-refractivity contribution in [3.05, 3.63) is 47.7 Å². The number of hydrogen-bond acceptors (Lipinski definition) is 8. The van der Waals surface area contributed by atoms with Gasteiger partial charge in [-0.15, -0.1) is 5.10 Å². The predicted molar refractivity (Wildman–Crippen MR) is 103 cm³/mol. The van der Waals surface area contributed by atoms with E-state index >= 15 is 0 Å². The lowest BCUT2D eigenvalue weighted by molar-refractivity contribution is -0.0172. The first-order chi connectivity index (χ1) is 13.5. The second-order valence-corrected chi connectivity index (χ2v) is 6.54. The summed E-state index contributed by atoms with van der Waals surface area (Å²) in [5, 5.41) is 26.5. The summed E-state index contributed by atoms with van der Waals surface area (Å²) in [6.45, 7) is 1.77. The lowest BCUT2D eigenvalue weighted by Crippen LogP contribution is -2.49. The maximum Gasteiger partial charge on any atom is 0.489 e. The first kappa shape index (κ1) is 19.9. The largest absolute Gasteiger partial charge is 0.489 e.